The monoisotopic (exact) mass is 639 g/mol. The summed E-state index contributed by atoms with van der Waals surface area (Å²) in [6.07, 6.45) is 18.7. The van der Waals surface area contributed by atoms with Crippen LogP contribution >= 0.6 is 0 Å². The van der Waals surface area contributed by atoms with Gasteiger partial charge in [0.2, 0.25) is 5.69 Å². The number of anilines is 1. The average molecular weight is 640 g/mol. The van der Waals surface area contributed by atoms with E-state index in [0.29, 0.717) is 0 Å². The first-order valence-corrected chi connectivity index (χ1v) is 18.4. The number of allylic oxidation sites excluding steroid dienone is 7. The van der Waals surface area contributed by atoms with Crippen molar-refractivity contribution in [1.29, 1.82) is 0 Å². The zero-order chi connectivity index (χ0) is 33.7. The maximum absolute atomic E-state index is 6.83. The fourth-order valence-corrected chi connectivity index (χ4v) is 7.92. The summed E-state index contributed by atoms with van der Waals surface area (Å²) in [4.78, 5) is 2.58. The number of ether oxygens (including phenoxy) is 1. The van der Waals surface area contributed by atoms with Crippen LogP contribution in [0.15, 0.2) is 126 Å². The minimum Gasteiger partial charge on any atom is -0.457 e. The van der Waals surface area contributed by atoms with E-state index < -0.39 is 0 Å². The van der Waals surface area contributed by atoms with Gasteiger partial charge in [-0.05, 0) is 86.6 Å². The molecule has 48 heavy (non-hydrogen) atoms. The van der Waals surface area contributed by atoms with Crippen molar-refractivity contribution >= 4 is 17.1 Å². The van der Waals surface area contributed by atoms with Crippen molar-refractivity contribution in [2.75, 3.05) is 18.0 Å². The van der Waals surface area contributed by atoms with Crippen molar-refractivity contribution in [2.24, 2.45) is 0 Å². The highest BCUT2D eigenvalue weighted by Crippen LogP contribution is 2.48. The predicted molar refractivity (Wildman–Crippen MR) is 204 cm³/mol. The topological polar surface area (TPSA) is 15.5 Å². The van der Waals surface area contributed by atoms with Crippen molar-refractivity contribution in [3.8, 4) is 5.75 Å². The zero-order valence-electron chi connectivity index (χ0n) is 30.2. The average Bonchev–Trinajstić information content (AvgIpc) is 3.45. The number of hydrogen-bond acceptors (Lipinski definition) is 2. The summed E-state index contributed by atoms with van der Waals surface area (Å²) in [6, 6.07) is 28.3. The second-order valence-electron chi connectivity index (χ2n) is 14.7. The molecule has 0 bridgehead atoms. The summed E-state index contributed by atoms with van der Waals surface area (Å²) in [6.45, 7) is 16.2. The Morgan fingerprint density at radius 1 is 0.729 bits per heavy atom. The van der Waals surface area contributed by atoms with Crippen LogP contribution in [0.25, 0.3) is 0 Å². The molecule has 0 aromatic heterocycles. The Labute approximate surface area is 290 Å². The smallest absolute Gasteiger partial charge is 0.209 e. The van der Waals surface area contributed by atoms with Gasteiger partial charge in [0.25, 0.3) is 0 Å². The van der Waals surface area contributed by atoms with E-state index in [0.717, 1.165) is 43.9 Å². The molecule has 2 aliphatic heterocycles. The first-order valence-electron chi connectivity index (χ1n) is 18.4. The molecule has 3 aliphatic rings. The quantitative estimate of drug-likeness (QED) is 0.145. The van der Waals surface area contributed by atoms with Crippen molar-refractivity contribution < 1.29 is 9.31 Å². The highest BCUT2D eigenvalue weighted by molar-refractivity contribution is 6.03. The van der Waals surface area contributed by atoms with E-state index in [9.17, 15) is 0 Å². The van der Waals surface area contributed by atoms with E-state index in [1.165, 1.54) is 77.2 Å². The summed E-state index contributed by atoms with van der Waals surface area (Å²) in [5.74, 6) is 1.90. The summed E-state index contributed by atoms with van der Waals surface area (Å²) in [7, 11) is 0. The summed E-state index contributed by atoms with van der Waals surface area (Å²) in [5.41, 5.74) is 10.7. The number of fused-ring (bicyclic) bond motifs is 2. The van der Waals surface area contributed by atoms with E-state index in [2.05, 4.69) is 154 Å². The van der Waals surface area contributed by atoms with Crippen LogP contribution in [0.5, 0.6) is 5.75 Å². The molecule has 0 unspecified atom stereocenters. The fourth-order valence-electron chi connectivity index (χ4n) is 7.92. The second kappa shape index (κ2) is 14.6. The second-order valence-corrected chi connectivity index (χ2v) is 14.7. The van der Waals surface area contributed by atoms with Gasteiger partial charge in [-0.3, -0.25) is 0 Å². The third kappa shape index (κ3) is 6.62. The summed E-state index contributed by atoms with van der Waals surface area (Å²) < 4.78 is 9.39. The Kier molecular flexibility index (Phi) is 10.2. The molecule has 3 heteroatoms. The number of rotatable bonds is 12. The van der Waals surface area contributed by atoms with E-state index in [1.807, 2.05) is 0 Å². The Morgan fingerprint density at radius 2 is 1.44 bits per heavy atom. The molecule has 0 N–H and O–H groups in total. The maximum Gasteiger partial charge on any atom is 0.209 e. The first-order chi connectivity index (χ1) is 23.3. The maximum atomic E-state index is 6.83. The predicted octanol–water partition coefficient (Wildman–Crippen LogP) is 11.7. The van der Waals surface area contributed by atoms with Crippen LogP contribution in [0.1, 0.15) is 104 Å². The lowest BCUT2D eigenvalue weighted by Crippen LogP contribution is -2.28. The number of hydrogen-bond donors (Lipinski definition) is 0. The molecular formula is C45H55N2O+. The van der Waals surface area contributed by atoms with Crippen LogP contribution in [0.3, 0.4) is 0 Å². The van der Waals surface area contributed by atoms with Crippen LogP contribution in [0.2, 0.25) is 0 Å². The van der Waals surface area contributed by atoms with Crippen LogP contribution in [0.4, 0.5) is 11.4 Å². The number of benzene rings is 3. The van der Waals surface area contributed by atoms with E-state index in [4.69, 9.17) is 4.74 Å². The van der Waals surface area contributed by atoms with Crippen molar-refractivity contribution in [1.82, 2.24) is 0 Å². The van der Waals surface area contributed by atoms with Gasteiger partial charge in [0.15, 0.2) is 5.71 Å². The van der Waals surface area contributed by atoms with Crippen LogP contribution < -0.4 is 9.64 Å². The van der Waals surface area contributed by atoms with Gasteiger partial charge in [-0.1, -0.05) is 108 Å². The van der Waals surface area contributed by atoms with Gasteiger partial charge in [-0.25, -0.2) is 0 Å². The van der Waals surface area contributed by atoms with Gasteiger partial charge in [0.05, 0.1) is 5.41 Å². The highest BCUT2D eigenvalue weighted by atomic mass is 16.5. The standard InChI is InChI=1S/C45H55N2O/c1-7-9-18-33-47-40-27-17-15-25-38(40)45(5,6)42(47)31-29-35-21-19-20-34(43(35)48-36-22-12-11-13-23-36)28-30-41-44(3,4)37-24-14-16-26-39(37)46(41)32-10-8-2/h11-17,22-31H,7-10,18-21,32-33H2,1-6H3/q+1. The van der Waals surface area contributed by atoms with Gasteiger partial charge < -0.3 is 9.64 Å². The largest absolute Gasteiger partial charge is 0.457 e. The molecule has 6 rings (SSSR count). The molecule has 1 aliphatic carbocycles. The highest BCUT2D eigenvalue weighted by Gasteiger charge is 2.44. The van der Waals surface area contributed by atoms with Gasteiger partial charge in [0.1, 0.15) is 18.1 Å². The van der Waals surface area contributed by atoms with Crippen LogP contribution in [0, 0.1) is 0 Å². The number of unbranched alkanes of at least 4 members (excludes halogenated alkanes) is 3. The van der Waals surface area contributed by atoms with E-state index in [-0.39, 0.29) is 10.8 Å². The van der Waals surface area contributed by atoms with Crippen LogP contribution in [-0.2, 0) is 10.8 Å². The van der Waals surface area contributed by atoms with Gasteiger partial charge in [0, 0.05) is 47.5 Å². The van der Waals surface area contributed by atoms with Crippen LogP contribution in [-0.4, -0.2) is 23.4 Å². The Balaban J connectivity index is 1.42. The molecule has 250 valence electrons. The van der Waals surface area contributed by atoms with Crippen molar-refractivity contribution in [3.05, 3.63) is 137 Å². The molecule has 3 aromatic carbocycles. The van der Waals surface area contributed by atoms with E-state index in [1.54, 1.807) is 0 Å². The summed E-state index contributed by atoms with van der Waals surface area (Å²) in [5, 5.41) is 0. The molecular weight excluding hydrogens is 585 g/mol. The molecule has 0 atom stereocenters. The lowest BCUT2D eigenvalue weighted by molar-refractivity contribution is -0.438. The van der Waals surface area contributed by atoms with Crippen molar-refractivity contribution in [2.45, 2.75) is 104 Å². The first kappa shape index (κ1) is 33.8. The van der Waals surface area contributed by atoms with E-state index >= 15 is 0 Å². The molecule has 0 saturated heterocycles. The number of nitrogens with zero attached hydrogens (tertiary/aromatic N) is 2. The van der Waals surface area contributed by atoms with Gasteiger partial charge >= 0.3 is 0 Å². The molecule has 0 radical (unpaired) electrons. The SMILES string of the molecule is CCCCCN1/C(=C/C=C2\CCCC(/C=C/C3=[N+](CCCC)c4ccccc4C3(C)C)=C2Oc2ccccc2)C(C)(C)c2ccccc21. The third-order valence-corrected chi connectivity index (χ3v) is 10.6. The molecule has 3 nitrogen and oxygen atoms in total. The van der Waals surface area contributed by atoms with Crippen molar-refractivity contribution in [3.63, 3.8) is 0 Å². The summed E-state index contributed by atoms with van der Waals surface area (Å²) >= 11 is 0. The minimum absolute atomic E-state index is 0.0656. The fraction of sp³-hybridized carbons (Fsp3) is 0.400. The third-order valence-electron chi connectivity index (χ3n) is 10.6. The zero-order valence-corrected chi connectivity index (χ0v) is 30.2. The Bertz CT molecular complexity index is 1770. The molecule has 0 amide bonds. The minimum atomic E-state index is -0.0664. The lowest BCUT2D eigenvalue weighted by Gasteiger charge is -2.27. The molecule has 0 fully saturated rings. The lowest BCUT2D eigenvalue weighted by atomic mass is 9.81. The van der Waals surface area contributed by atoms with Gasteiger partial charge in [-0.2, -0.15) is 4.58 Å². The molecule has 0 saturated carbocycles. The Morgan fingerprint density at radius 3 is 2.21 bits per heavy atom. The van der Waals surface area contributed by atoms with Gasteiger partial charge in [-0.15, -0.1) is 0 Å². The normalized spacial score (nSPS) is 19.9. The Hall–Kier alpha value is -4.11. The number of para-hydroxylation sites is 3. The molecule has 2 heterocycles. The molecule has 3 aromatic rings. The molecule has 0 spiro atoms.